The first-order chi connectivity index (χ1) is 8.20. The number of rotatable bonds is 5. The average molecular weight is 290 g/mol. The largest absolute Gasteiger partial charge is 0.453 e. The Hall–Kier alpha value is -0.480. The molecule has 0 aliphatic rings. The molecule has 2 aromatic heterocycles. The van der Waals surface area contributed by atoms with Crippen LogP contribution in [0.1, 0.15) is 23.4 Å². The number of nitrogens with one attached hydrogen (secondary N) is 1. The van der Waals surface area contributed by atoms with Gasteiger partial charge in [-0.2, -0.15) is 0 Å². The van der Waals surface area contributed by atoms with Gasteiger partial charge in [0.1, 0.15) is 0 Å². The summed E-state index contributed by atoms with van der Waals surface area (Å²) in [7, 11) is 0. The second kappa shape index (κ2) is 5.91. The third-order valence-corrected chi connectivity index (χ3v) is 4.07. The van der Waals surface area contributed by atoms with Crippen molar-refractivity contribution in [2.45, 2.75) is 19.4 Å². The molecular formula is C12H13Cl2NOS. The molecule has 0 radical (unpaired) electrons. The fraction of sp³-hybridized carbons (Fsp3) is 0.333. The van der Waals surface area contributed by atoms with Crippen molar-refractivity contribution in [2.24, 2.45) is 0 Å². The maximum Gasteiger partial charge on any atom is 0.197 e. The van der Waals surface area contributed by atoms with Crippen LogP contribution in [-0.2, 0) is 6.42 Å². The van der Waals surface area contributed by atoms with Gasteiger partial charge >= 0.3 is 0 Å². The van der Waals surface area contributed by atoms with Crippen LogP contribution in [-0.4, -0.2) is 6.54 Å². The quantitative estimate of drug-likeness (QED) is 0.874. The van der Waals surface area contributed by atoms with Crippen LogP contribution in [0.2, 0.25) is 9.56 Å². The highest BCUT2D eigenvalue weighted by atomic mass is 35.5. The predicted molar refractivity (Wildman–Crippen MR) is 73.2 cm³/mol. The first kappa shape index (κ1) is 13.0. The topological polar surface area (TPSA) is 25.2 Å². The maximum atomic E-state index is 6.01. The number of halogens is 2. The monoisotopic (exact) mass is 289 g/mol. The molecular weight excluding hydrogens is 277 g/mol. The minimum absolute atomic E-state index is 0.168. The summed E-state index contributed by atoms with van der Waals surface area (Å²) in [6.45, 7) is 2.95. The van der Waals surface area contributed by atoms with E-state index < -0.39 is 0 Å². The smallest absolute Gasteiger partial charge is 0.197 e. The molecule has 1 atom stereocenters. The Balaban J connectivity index is 2.15. The Morgan fingerprint density at radius 3 is 2.71 bits per heavy atom. The van der Waals surface area contributed by atoms with Crippen LogP contribution in [0.25, 0.3) is 0 Å². The van der Waals surface area contributed by atoms with Gasteiger partial charge < -0.3 is 9.73 Å². The lowest BCUT2D eigenvalue weighted by Crippen LogP contribution is -2.22. The van der Waals surface area contributed by atoms with Crippen molar-refractivity contribution in [3.8, 4) is 0 Å². The maximum absolute atomic E-state index is 6.01. The van der Waals surface area contributed by atoms with Gasteiger partial charge in [0.15, 0.2) is 5.22 Å². The van der Waals surface area contributed by atoms with Crippen molar-refractivity contribution in [1.82, 2.24) is 5.32 Å². The molecule has 2 nitrogen and oxygen atoms in total. The van der Waals surface area contributed by atoms with E-state index in [2.05, 4.69) is 12.2 Å². The second-order valence-electron chi connectivity index (χ2n) is 3.67. The molecule has 92 valence electrons. The van der Waals surface area contributed by atoms with Gasteiger partial charge in [0.2, 0.25) is 0 Å². The van der Waals surface area contributed by atoms with Gasteiger partial charge in [-0.25, -0.2) is 0 Å². The molecule has 17 heavy (non-hydrogen) atoms. The summed E-state index contributed by atoms with van der Waals surface area (Å²) in [5.41, 5.74) is 0.998. The standard InChI is InChI=1S/C12H13Cl2NOS/c1-2-15-10(9-5-6-16-12(9)14)7-8-3-4-11(13)17-8/h3-6,10,15H,2,7H2,1H3. The Kier molecular flexibility index (Phi) is 4.51. The molecule has 0 aliphatic carbocycles. The minimum Gasteiger partial charge on any atom is -0.453 e. The van der Waals surface area contributed by atoms with E-state index in [-0.39, 0.29) is 6.04 Å². The van der Waals surface area contributed by atoms with E-state index >= 15 is 0 Å². The molecule has 2 aromatic rings. The summed E-state index contributed by atoms with van der Waals surface area (Å²) >= 11 is 13.5. The lowest BCUT2D eigenvalue weighted by molar-refractivity contribution is 0.528. The number of hydrogen-bond acceptors (Lipinski definition) is 3. The van der Waals surface area contributed by atoms with Crippen LogP contribution in [0.5, 0.6) is 0 Å². The molecule has 1 N–H and O–H groups in total. The molecule has 0 aromatic carbocycles. The van der Waals surface area contributed by atoms with Gasteiger partial charge in [-0.05, 0) is 36.3 Å². The van der Waals surface area contributed by atoms with Crippen molar-refractivity contribution in [1.29, 1.82) is 0 Å². The number of likely N-dealkylation sites (N-methyl/N-ethyl adjacent to an activating group) is 1. The molecule has 2 heterocycles. The third kappa shape index (κ3) is 3.26. The van der Waals surface area contributed by atoms with Crippen molar-refractivity contribution in [3.63, 3.8) is 0 Å². The minimum atomic E-state index is 0.168. The van der Waals surface area contributed by atoms with Crippen LogP contribution in [0.4, 0.5) is 0 Å². The van der Waals surface area contributed by atoms with Crippen molar-refractivity contribution in [2.75, 3.05) is 6.54 Å². The molecule has 2 rings (SSSR count). The predicted octanol–water partition coefficient (Wildman–Crippen LogP) is 4.54. The molecule has 0 amide bonds. The Bertz CT molecular complexity index is 480. The zero-order chi connectivity index (χ0) is 12.3. The van der Waals surface area contributed by atoms with E-state index in [0.29, 0.717) is 5.22 Å². The molecule has 5 heteroatoms. The van der Waals surface area contributed by atoms with Crippen LogP contribution in [0.15, 0.2) is 28.9 Å². The van der Waals surface area contributed by atoms with Crippen LogP contribution in [0, 0.1) is 0 Å². The summed E-state index contributed by atoms with van der Waals surface area (Å²) in [6, 6.07) is 6.04. The highest BCUT2D eigenvalue weighted by Crippen LogP contribution is 2.30. The zero-order valence-electron chi connectivity index (χ0n) is 9.37. The first-order valence-corrected chi connectivity index (χ1v) is 6.98. The van der Waals surface area contributed by atoms with Crippen molar-refractivity contribution >= 4 is 34.5 Å². The van der Waals surface area contributed by atoms with Gasteiger partial charge in [-0.3, -0.25) is 0 Å². The molecule has 0 saturated heterocycles. The van der Waals surface area contributed by atoms with Gasteiger partial charge in [-0.1, -0.05) is 18.5 Å². The molecule has 0 spiro atoms. The third-order valence-electron chi connectivity index (χ3n) is 2.51. The normalized spacial score (nSPS) is 12.9. The number of hydrogen-bond donors (Lipinski definition) is 1. The number of furan rings is 1. The Labute approximate surface area is 115 Å². The van der Waals surface area contributed by atoms with E-state index in [1.165, 1.54) is 4.88 Å². The van der Waals surface area contributed by atoms with E-state index in [1.807, 2.05) is 18.2 Å². The molecule has 0 bridgehead atoms. The molecule has 0 saturated carbocycles. The molecule has 0 fully saturated rings. The SMILES string of the molecule is CCNC(Cc1ccc(Cl)s1)c1ccoc1Cl. The summed E-state index contributed by atoms with van der Waals surface area (Å²) in [5.74, 6) is 0. The zero-order valence-corrected chi connectivity index (χ0v) is 11.7. The van der Waals surface area contributed by atoms with E-state index in [4.69, 9.17) is 27.6 Å². The lowest BCUT2D eigenvalue weighted by Gasteiger charge is -2.15. The Morgan fingerprint density at radius 1 is 1.35 bits per heavy atom. The Morgan fingerprint density at radius 2 is 2.18 bits per heavy atom. The molecule has 1 unspecified atom stereocenters. The van der Waals surface area contributed by atoms with E-state index in [1.54, 1.807) is 17.6 Å². The van der Waals surface area contributed by atoms with Crippen LogP contribution >= 0.6 is 34.5 Å². The van der Waals surface area contributed by atoms with Crippen molar-refractivity contribution < 1.29 is 4.42 Å². The summed E-state index contributed by atoms with van der Waals surface area (Å²) in [4.78, 5) is 1.23. The van der Waals surface area contributed by atoms with Gasteiger partial charge in [-0.15, -0.1) is 11.3 Å². The van der Waals surface area contributed by atoms with Crippen LogP contribution in [0.3, 0.4) is 0 Å². The average Bonchev–Trinajstić information content (AvgIpc) is 2.87. The summed E-state index contributed by atoms with van der Waals surface area (Å²) < 4.78 is 5.95. The molecule has 0 aliphatic heterocycles. The van der Waals surface area contributed by atoms with E-state index in [0.717, 1.165) is 22.9 Å². The fourth-order valence-corrected chi connectivity index (χ4v) is 3.13. The van der Waals surface area contributed by atoms with Gasteiger partial charge in [0, 0.05) is 22.9 Å². The second-order valence-corrected chi connectivity index (χ2v) is 5.81. The highest BCUT2D eigenvalue weighted by Gasteiger charge is 2.17. The number of thiophene rings is 1. The summed E-state index contributed by atoms with van der Waals surface area (Å²) in [6.07, 6.45) is 2.48. The highest BCUT2D eigenvalue weighted by molar-refractivity contribution is 7.16. The van der Waals surface area contributed by atoms with Crippen LogP contribution < -0.4 is 5.32 Å². The first-order valence-electron chi connectivity index (χ1n) is 5.41. The van der Waals surface area contributed by atoms with Gasteiger partial charge in [0.25, 0.3) is 0 Å². The van der Waals surface area contributed by atoms with E-state index in [9.17, 15) is 0 Å². The fourth-order valence-electron chi connectivity index (χ4n) is 1.75. The van der Waals surface area contributed by atoms with Crippen molar-refractivity contribution in [3.05, 3.63) is 44.5 Å². The lowest BCUT2D eigenvalue weighted by atomic mass is 10.1. The summed E-state index contributed by atoms with van der Waals surface area (Å²) in [5, 5.41) is 3.86. The van der Waals surface area contributed by atoms with Gasteiger partial charge in [0.05, 0.1) is 10.6 Å².